The highest BCUT2D eigenvalue weighted by atomic mass is 19.1. The molecule has 1 aromatic heterocycles. The fraction of sp³-hybridized carbons (Fsp3) is 0.323. The Kier molecular flexibility index (Phi) is 8.64. The van der Waals surface area contributed by atoms with Crippen molar-refractivity contribution < 1.29 is 23.5 Å². The van der Waals surface area contributed by atoms with Crippen LogP contribution in [0.3, 0.4) is 0 Å². The van der Waals surface area contributed by atoms with Crippen LogP contribution >= 0.6 is 0 Å². The number of ether oxygens (including phenoxy) is 2. The van der Waals surface area contributed by atoms with E-state index in [1.807, 2.05) is 31.2 Å². The normalized spacial score (nSPS) is 14.3. The summed E-state index contributed by atoms with van der Waals surface area (Å²) in [7, 11) is 3.12. The zero-order valence-electron chi connectivity index (χ0n) is 22.8. The summed E-state index contributed by atoms with van der Waals surface area (Å²) in [5.41, 5.74) is 2.38. The van der Waals surface area contributed by atoms with Crippen LogP contribution in [0.25, 0.3) is 10.9 Å². The number of rotatable bonds is 11. The summed E-state index contributed by atoms with van der Waals surface area (Å²) in [6, 6.07) is 10.1. The highest BCUT2D eigenvalue weighted by Crippen LogP contribution is 2.47. The Morgan fingerprint density at radius 2 is 1.79 bits per heavy atom. The van der Waals surface area contributed by atoms with Crippen molar-refractivity contribution in [3.05, 3.63) is 83.3 Å². The number of nitrogens with one attached hydrogen (secondary N) is 2. The molecule has 1 saturated carbocycles. The predicted molar refractivity (Wildman–Crippen MR) is 151 cm³/mol. The van der Waals surface area contributed by atoms with Crippen molar-refractivity contribution >= 4 is 28.4 Å². The molecule has 0 spiro atoms. The van der Waals surface area contributed by atoms with E-state index < -0.39 is 17.1 Å². The second kappa shape index (κ2) is 12.1. The van der Waals surface area contributed by atoms with Gasteiger partial charge in [0.25, 0.3) is 0 Å². The van der Waals surface area contributed by atoms with Gasteiger partial charge in [-0.25, -0.2) is 4.39 Å². The third-order valence-corrected chi connectivity index (χ3v) is 6.94. The van der Waals surface area contributed by atoms with E-state index in [4.69, 9.17) is 9.47 Å². The van der Waals surface area contributed by atoms with Gasteiger partial charge >= 0.3 is 0 Å². The van der Waals surface area contributed by atoms with Gasteiger partial charge in [0.15, 0.2) is 11.5 Å². The van der Waals surface area contributed by atoms with Crippen molar-refractivity contribution in [2.45, 2.75) is 39.5 Å². The van der Waals surface area contributed by atoms with E-state index in [2.05, 4.69) is 28.6 Å². The first kappa shape index (κ1) is 27.8. The summed E-state index contributed by atoms with van der Waals surface area (Å²) in [6.45, 7) is 4.40. The highest BCUT2D eigenvalue weighted by Gasteiger charge is 2.56. The minimum atomic E-state index is -1.10. The number of aromatic nitrogens is 1. The lowest BCUT2D eigenvalue weighted by Crippen LogP contribution is -2.40. The van der Waals surface area contributed by atoms with Crippen molar-refractivity contribution in [2.75, 3.05) is 26.1 Å². The topological polar surface area (TPSA) is 89.6 Å². The van der Waals surface area contributed by atoms with Gasteiger partial charge in [-0.1, -0.05) is 36.8 Å². The maximum atomic E-state index is 15.1. The zero-order valence-corrected chi connectivity index (χ0v) is 22.8. The summed E-state index contributed by atoms with van der Waals surface area (Å²) >= 11 is 0. The second-order valence-electron chi connectivity index (χ2n) is 9.68. The number of methoxy groups -OCH3 is 2. The number of carbonyl (C=O) groups excluding carboxylic acids is 2. The SMILES string of the molecule is CC/C=C(C)\C=C/CNC(=O)C1(C(=O)Nc2ccc(Cc3ccnc4cc(OC)c(OC)cc34)c(F)c2)CC1. The van der Waals surface area contributed by atoms with Gasteiger partial charge in [-0.3, -0.25) is 14.6 Å². The fourth-order valence-corrected chi connectivity index (χ4v) is 4.55. The minimum Gasteiger partial charge on any atom is -0.493 e. The van der Waals surface area contributed by atoms with Crippen molar-refractivity contribution in [3.8, 4) is 11.5 Å². The molecular weight excluding hydrogens is 497 g/mol. The van der Waals surface area contributed by atoms with E-state index >= 15 is 4.39 Å². The number of nitrogens with zero attached hydrogens (tertiary/aromatic N) is 1. The lowest BCUT2D eigenvalue weighted by Gasteiger charge is -2.15. The molecule has 1 aliphatic rings. The largest absolute Gasteiger partial charge is 0.493 e. The van der Waals surface area contributed by atoms with E-state index in [1.54, 1.807) is 38.6 Å². The molecule has 4 rings (SSSR count). The van der Waals surface area contributed by atoms with Crippen molar-refractivity contribution in [1.29, 1.82) is 0 Å². The van der Waals surface area contributed by atoms with Crippen LogP contribution in [0, 0.1) is 11.2 Å². The van der Waals surface area contributed by atoms with E-state index in [0.717, 1.165) is 22.9 Å². The minimum absolute atomic E-state index is 0.310. The summed E-state index contributed by atoms with van der Waals surface area (Å²) < 4.78 is 25.9. The van der Waals surface area contributed by atoms with Crippen LogP contribution in [0.2, 0.25) is 0 Å². The zero-order chi connectivity index (χ0) is 28.0. The molecule has 7 nitrogen and oxygen atoms in total. The molecular formula is C31H34FN3O4. The summed E-state index contributed by atoms with van der Waals surface area (Å²) in [5, 5.41) is 6.38. The standard InChI is InChI=1S/C31H34FN3O4/c1-5-7-20(2)8-6-14-34-29(36)31(12-13-31)30(37)35-23-10-9-22(25(32)17-23)16-21-11-15-33-26-19-28(39-4)27(38-3)18-24(21)26/h6-11,15,17-19H,5,12-14,16H2,1-4H3,(H,34,36)(H,35,37)/b8-6-,20-7-. The average Bonchev–Trinajstić information content (AvgIpc) is 3.74. The van der Waals surface area contributed by atoms with Crippen molar-refractivity contribution in [3.63, 3.8) is 0 Å². The Bertz CT molecular complexity index is 1440. The first-order valence-corrected chi connectivity index (χ1v) is 13.0. The van der Waals surface area contributed by atoms with Gasteiger partial charge in [0, 0.05) is 36.3 Å². The van der Waals surface area contributed by atoms with Gasteiger partial charge < -0.3 is 20.1 Å². The number of pyridine rings is 1. The number of fused-ring (bicyclic) bond motifs is 1. The molecule has 0 saturated heterocycles. The molecule has 1 heterocycles. The molecule has 1 aliphatic carbocycles. The molecule has 8 heteroatoms. The molecule has 2 amide bonds. The van der Waals surface area contributed by atoms with Crippen LogP contribution in [-0.2, 0) is 16.0 Å². The van der Waals surface area contributed by atoms with Gasteiger partial charge in [-0.2, -0.15) is 0 Å². The monoisotopic (exact) mass is 531 g/mol. The van der Waals surface area contributed by atoms with Gasteiger partial charge in [-0.15, -0.1) is 0 Å². The average molecular weight is 532 g/mol. The summed E-state index contributed by atoms with van der Waals surface area (Å²) in [6.07, 6.45) is 9.76. The van der Waals surface area contributed by atoms with Crippen LogP contribution in [0.1, 0.15) is 44.2 Å². The van der Waals surface area contributed by atoms with Gasteiger partial charge in [0.1, 0.15) is 11.2 Å². The highest BCUT2D eigenvalue weighted by molar-refractivity contribution is 6.13. The predicted octanol–water partition coefficient (Wildman–Crippen LogP) is 5.73. The Morgan fingerprint density at radius 3 is 2.46 bits per heavy atom. The Morgan fingerprint density at radius 1 is 1.05 bits per heavy atom. The van der Waals surface area contributed by atoms with Crippen molar-refractivity contribution in [1.82, 2.24) is 10.3 Å². The fourth-order valence-electron chi connectivity index (χ4n) is 4.55. The Labute approximate surface area is 228 Å². The van der Waals surface area contributed by atoms with Gasteiger partial charge in [-0.05, 0) is 61.6 Å². The van der Waals surface area contributed by atoms with Crippen molar-refractivity contribution in [2.24, 2.45) is 5.41 Å². The van der Waals surface area contributed by atoms with E-state index in [0.29, 0.717) is 54.1 Å². The molecule has 1 fully saturated rings. The van der Waals surface area contributed by atoms with Crippen LogP contribution in [0.15, 0.2) is 66.4 Å². The quantitative estimate of drug-likeness (QED) is 0.244. The third kappa shape index (κ3) is 6.28. The molecule has 0 unspecified atom stereocenters. The first-order chi connectivity index (χ1) is 18.8. The summed E-state index contributed by atoms with van der Waals surface area (Å²) in [5.74, 6) is -0.0444. The maximum absolute atomic E-state index is 15.1. The van der Waals surface area contributed by atoms with Gasteiger partial charge in [0.05, 0.1) is 19.7 Å². The number of hydrogen-bond acceptors (Lipinski definition) is 5. The number of allylic oxidation sites excluding steroid dienone is 3. The van der Waals surface area contributed by atoms with Crippen LogP contribution in [0.4, 0.5) is 10.1 Å². The number of amides is 2. The van der Waals surface area contributed by atoms with E-state index in [9.17, 15) is 9.59 Å². The number of anilines is 1. The molecule has 0 bridgehead atoms. The van der Waals surface area contributed by atoms with Gasteiger partial charge in [0.2, 0.25) is 11.8 Å². The first-order valence-electron chi connectivity index (χ1n) is 13.0. The smallest absolute Gasteiger partial charge is 0.240 e. The molecule has 2 aromatic carbocycles. The maximum Gasteiger partial charge on any atom is 0.240 e. The molecule has 2 N–H and O–H groups in total. The molecule has 0 aliphatic heterocycles. The third-order valence-electron chi connectivity index (χ3n) is 6.94. The van der Waals surface area contributed by atoms with E-state index in [-0.39, 0.29) is 5.91 Å². The van der Waals surface area contributed by atoms with Crippen LogP contribution < -0.4 is 20.1 Å². The lowest BCUT2D eigenvalue weighted by molar-refractivity contribution is -0.134. The van der Waals surface area contributed by atoms with E-state index in [1.165, 1.54) is 6.07 Å². The lowest BCUT2D eigenvalue weighted by atomic mass is 10.00. The number of hydrogen-bond donors (Lipinski definition) is 2. The molecule has 39 heavy (non-hydrogen) atoms. The molecule has 0 radical (unpaired) electrons. The Balaban J connectivity index is 1.43. The summed E-state index contributed by atoms with van der Waals surface area (Å²) in [4.78, 5) is 30.1. The molecule has 0 atom stereocenters. The number of halogens is 1. The molecule has 3 aromatic rings. The molecule has 204 valence electrons. The van der Waals surface area contributed by atoms with Crippen LogP contribution in [0.5, 0.6) is 11.5 Å². The number of carbonyl (C=O) groups is 2. The Hall–Kier alpha value is -4.20. The second-order valence-corrected chi connectivity index (χ2v) is 9.68. The van der Waals surface area contributed by atoms with Crippen LogP contribution in [-0.4, -0.2) is 37.6 Å². The number of benzene rings is 2.